The average Bonchev–Trinajstić information content (AvgIpc) is 2.76. The lowest BCUT2D eigenvalue weighted by atomic mass is 10.0. The Balaban J connectivity index is 2.06. The molecule has 8 nitrogen and oxygen atoms in total. The maximum absolute atomic E-state index is 12.6. The van der Waals surface area contributed by atoms with Crippen molar-refractivity contribution in [3.63, 3.8) is 0 Å². The van der Waals surface area contributed by atoms with Gasteiger partial charge in [-0.2, -0.15) is 0 Å². The summed E-state index contributed by atoms with van der Waals surface area (Å²) in [4.78, 5) is 28.9. The second kappa shape index (κ2) is 11.0. The highest BCUT2D eigenvalue weighted by Gasteiger charge is 2.30. The number of aromatic hydroxyl groups is 1. The van der Waals surface area contributed by atoms with Crippen molar-refractivity contribution in [2.24, 2.45) is 5.92 Å². The zero-order valence-electron chi connectivity index (χ0n) is 18.1. The minimum atomic E-state index is -1.01. The molecule has 8 heteroatoms. The molecule has 0 bridgehead atoms. The van der Waals surface area contributed by atoms with Crippen molar-refractivity contribution in [3.8, 4) is 17.2 Å². The van der Waals surface area contributed by atoms with Gasteiger partial charge in [-0.05, 0) is 31.1 Å². The third-order valence-corrected chi connectivity index (χ3v) is 4.50. The van der Waals surface area contributed by atoms with Crippen molar-refractivity contribution < 1.29 is 28.9 Å². The summed E-state index contributed by atoms with van der Waals surface area (Å²) in [5.41, 5.74) is -0.258. The zero-order valence-corrected chi connectivity index (χ0v) is 18.1. The largest absolute Gasteiger partial charge is 0.503 e. The van der Waals surface area contributed by atoms with E-state index in [1.165, 1.54) is 32.4 Å². The summed E-state index contributed by atoms with van der Waals surface area (Å²) in [6, 6.07) is 9.61. The van der Waals surface area contributed by atoms with Gasteiger partial charge < -0.3 is 24.6 Å². The Hall–Kier alpha value is -3.55. The first-order chi connectivity index (χ1) is 14.8. The fourth-order valence-corrected chi connectivity index (χ4v) is 2.82. The van der Waals surface area contributed by atoms with Crippen LogP contribution in [0.5, 0.6) is 17.2 Å². The molecule has 166 valence electrons. The quantitative estimate of drug-likeness (QED) is 0.442. The van der Waals surface area contributed by atoms with Crippen molar-refractivity contribution in [3.05, 3.63) is 60.9 Å². The summed E-state index contributed by atoms with van der Waals surface area (Å²) in [6.07, 6.45) is 1.60. The molecule has 0 saturated carbocycles. The third kappa shape index (κ3) is 6.21. The van der Waals surface area contributed by atoms with Gasteiger partial charge in [0.1, 0.15) is 17.9 Å². The number of carbonyl (C=O) groups excluding carboxylic acids is 2. The summed E-state index contributed by atoms with van der Waals surface area (Å²) in [6.45, 7) is 9.12. The van der Waals surface area contributed by atoms with Crippen molar-refractivity contribution in [1.82, 2.24) is 10.3 Å². The summed E-state index contributed by atoms with van der Waals surface area (Å²) >= 11 is 0. The van der Waals surface area contributed by atoms with E-state index < -0.39 is 35.9 Å². The molecule has 0 aliphatic rings. The molecule has 1 aromatic heterocycles. The Morgan fingerprint density at radius 1 is 1.16 bits per heavy atom. The van der Waals surface area contributed by atoms with Crippen LogP contribution in [0.1, 0.15) is 31.3 Å². The summed E-state index contributed by atoms with van der Waals surface area (Å²) in [5.74, 6) is -1.08. The van der Waals surface area contributed by atoms with Gasteiger partial charge in [-0.25, -0.2) is 9.78 Å². The first-order valence-electron chi connectivity index (χ1n) is 9.86. The Morgan fingerprint density at radius 2 is 1.84 bits per heavy atom. The molecule has 1 heterocycles. The fourth-order valence-electron chi connectivity index (χ4n) is 2.82. The van der Waals surface area contributed by atoms with Crippen LogP contribution in [0.3, 0.4) is 0 Å². The molecule has 0 radical (unpaired) electrons. The first kappa shape index (κ1) is 23.7. The van der Waals surface area contributed by atoms with Crippen LogP contribution in [0.4, 0.5) is 0 Å². The number of esters is 1. The third-order valence-electron chi connectivity index (χ3n) is 4.50. The SMILES string of the molecule is C=C[C@H](OC(=O)[C@H](C)NC(=O)c1nccc(OC)c1O)[C@H](Oc1ccccc1)C(C)C. The predicted octanol–water partition coefficient (Wildman–Crippen LogP) is 3.12. The smallest absolute Gasteiger partial charge is 0.329 e. The van der Waals surface area contributed by atoms with Crippen LogP contribution in [0.25, 0.3) is 0 Å². The first-order valence-corrected chi connectivity index (χ1v) is 9.86. The van der Waals surface area contributed by atoms with Crippen LogP contribution in [0.2, 0.25) is 0 Å². The number of nitrogens with one attached hydrogen (secondary N) is 1. The normalized spacial score (nSPS) is 13.6. The van der Waals surface area contributed by atoms with Crippen LogP contribution < -0.4 is 14.8 Å². The Kier molecular flexibility index (Phi) is 8.43. The zero-order chi connectivity index (χ0) is 23.0. The standard InChI is InChI=1S/C23H28N2O6/c1-6-17(21(14(2)3)30-16-10-8-7-9-11-16)31-23(28)15(4)25-22(27)19-20(26)18(29-5)12-13-24-19/h6-15,17,21,26H,1H2,2-5H3,(H,25,27)/t15-,17-,21+/m0/s1. The van der Waals surface area contributed by atoms with Crippen LogP contribution in [-0.4, -0.2) is 47.3 Å². The van der Waals surface area contributed by atoms with E-state index in [4.69, 9.17) is 14.2 Å². The molecule has 0 unspecified atom stereocenters. The maximum Gasteiger partial charge on any atom is 0.329 e. The summed E-state index contributed by atoms with van der Waals surface area (Å²) in [7, 11) is 1.36. The highest BCUT2D eigenvalue weighted by Crippen LogP contribution is 2.27. The number of methoxy groups -OCH3 is 1. The van der Waals surface area contributed by atoms with E-state index in [1.54, 1.807) is 0 Å². The average molecular weight is 428 g/mol. The van der Waals surface area contributed by atoms with Crippen LogP contribution in [-0.2, 0) is 9.53 Å². The second-order valence-corrected chi connectivity index (χ2v) is 7.18. The number of aromatic nitrogens is 1. The Morgan fingerprint density at radius 3 is 2.42 bits per heavy atom. The number of pyridine rings is 1. The van der Waals surface area contributed by atoms with E-state index in [-0.39, 0.29) is 17.4 Å². The van der Waals surface area contributed by atoms with Crippen molar-refractivity contribution >= 4 is 11.9 Å². The van der Waals surface area contributed by atoms with Gasteiger partial charge >= 0.3 is 5.97 Å². The van der Waals surface area contributed by atoms with E-state index in [0.29, 0.717) is 5.75 Å². The lowest BCUT2D eigenvalue weighted by Crippen LogP contribution is -2.44. The lowest BCUT2D eigenvalue weighted by Gasteiger charge is -2.29. The number of rotatable bonds is 10. The van der Waals surface area contributed by atoms with Crippen molar-refractivity contribution in [2.45, 2.75) is 39.0 Å². The number of benzene rings is 1. The molecule has 0 fully saturated rings. The molecule has 2 rings (SSSR count). The van der Waals surface area contributed by atoms with Gasteiger partial charge in [0, 0.05) is 12.3 Å². The van der Waals surface area contributed by atoms with E-state index in [1.807, 2.05) is 44.2 Å². The number of ether oxygens (including phenoxy) is 3. The van der Waals surface area contributed by atoms with Gasteiger partial charge in [-0.1, -0.05) is 38.6 Å². The highest BCUT2D eigenvalue weighted by atomic mass is 16.6. The monoisotopic (exact) mass is 428 g/mol. The molecule has 1 amide bonds. The maximum atomic E-state index is 12.6. The topological polar surface area (TPSA) is 107 Å². The molecule has 1 aromatic carbocycles. The van der Waals surface area contributed by atoms with Gasteiger partial charge in [0.05, 0.1) is 7.11 Å². The minimum absolute atomic E-state index is 0.0128. The second-order valence-electron chi connectivity index (χ2n) is 7.18. The van der Waals surface area contributed by atoms with Crippen molar-refractivity contribution in [2.75, 3.05) is 7.11 Å². The van der Waals surface area contributed by atoms with Crippen LogP contribution in [0.15, 0.2) is 55.3 Å². The molecule has 2 N–H and O–H groups in total. The van der Waals surface area contributed by atoms with Gasteiger partial charge in [0.2, 0.25) is 0 Å². The lowest BCUT2D eigenvalue weighted by molar-refractivity contribution is -0.153. The Labute approximate surface area is 181 Å². The molecule has 0 saturated heterocycles. The molecular formula is C23H28N2O6. The summed E-state index contributed by atoms with van der Waals surface area (Å²) in [5, 5.41) is 12.5. The number of nitrogens with zero attached hydrogens (tertiary/aromatic N) is 1. The number of hydrogen-bond donors (Lipinski definition) is 2. The van der Waals surface area contributed by atoms with Gasteiger partial charge in [-0.15, -0.1) is 0 Å². The highest BCUT2D eigenvalue weighted by molar-refractivity contribution is 5.97. The number of para-hydroxylation sites is 1. The molecule has 0 spiro atoms. The molecular weight excluding hydrogens is 400 g/mol. The number of hydrogen-bond acceptors (Lipinski definition) is 7. The van der Waals surface area contributed by atoms with Gasteiger partial charge in [0.25, 0.3) is 5.91 Å². The van der Waals surface area contributed by atoms with Gasteiger partial charge in [0.15, 0.2) is 23.3 Å². The van der Waals surface area contributed by atoms with E-state index >= 15 is 0 Å². The van der Waals surface area contributed by atoms with Crippen LogP contribution >= 0.6 is 0 Å². The van der Waals surface area contributed by atoms with E-state index in [2.05, 4.69) is 16.9 Å². The summed E-state index contributed by atoms with van der Waals surface area (Å²) < 4.78 is 16.5. The molecule has 2 aromatic rings. The molecule has 31 heavy (non-hydrogen) atoms. The molecule has 0 aliphatic carbocycles. The van der Waals surface area contributed by atoms with E-state index in [9.17, 15) is 14.7 Å². The van der Waals surface area contributed by atoms with Crippen molar-refractivity contribution in [1.29, 1.82) is 0 Å². The molecule has 3 atom stereocenters. The van der Waals surface area contributed by atoms with E-state index in [0.717, 1.165) is 0 Å². The Bertz CT molecular complexity index is 900. The van der Waals surface area contributed by atoms with Gasteiger partial charge in [-0.3, -0.25) is 4.79 Å². The predicted molar refractivity (Wildman–Crippen MR) is 115 cm³/mol. The van der Waals surface area contributed by atoms with Crippen LogP contribution in [0, 0.1) is 5.92 Å². The molecule has 0 aliphatic heterocycles. The minimum Gasteiger partial charge on any atom is -0.503 e. The number of carbonyl (C=O) groups is 2. The number of amides is 1. The fraction of sp³-hybridized carbons (Fsp3) is 0.348.